The third-order valence-electron chi connectivity index (χ3n) is 5.65. The highest BCUT2D eigenvalue weighted by atomic mass is 19.3. The van der Waals surface area contributed by atoms with E-state index >= 15 is 0 Å². The van der Waals surface area contributed by atoms with Crippen LogP contribution in [0.2, 0.25) is 0 Å². The molecule has 39 heavy (non-hydrogen) atoms. The maximum atomic E-state index is 12.4. The van der Waals surface area contributed by atoms with E-state index in [0.29, 0.717) is 38.5 Å². The molecule has 0 bridgehead atoms. The van der Waals surface area contributed by atoms with Crippen LogP contribution in [0.4, 0.5) is 14.6 Å². The van der Waals surface area contributed by atoms with Crippen molar-refractivity contribution >= 4 is 24.0 Å². The summed E-state index contributed by atoms with van der Waals surface area (Å²) in [7, 11) is 0. The number of nitrogens with one attached hydrogen (secondary N) is 2. The third-order valence-corrected chi connectivity index (χ3v) is 5.65. The summed E-state index contributed by atoms with van der Waals surface area (Å²) in [5.41, 5.74) is 3.35. The normalized spacial score (nSPS) is 16.3. The maximum absolute atomic E-state index is 12.4. The van der Waals surface area contributed by atoms with Crippen LogP contribution in [0.5, 0.6) is 0 Å². The van der Waals surface area contributed by atoms with Gasteiger partial charge in [-0.15, -0.1) is 0 Å². The van der Waals surface area contributed by atoms with Crippen LogP contribution in [0.1, 0.15) is 56.0 Å². The molecule has 0 spiro atoms. The van der Waals surface area contributed by atoms with Crippen LogP contribution in [0.15, 0.2) is 59.7 Å². The van der Waals surface area contributed by atoms with E-state index in [9.17, 15) is 13.6 Å². The monoisotopic (exact) mass is 540 g/mol. The number of amides is 1. The number of pyridine rings is 1. The van der Waals surface area contributed by atoms with Gasteiger partial charge in [0.25, 0.3) is 0 Å². The molecule has 210 valence electrons. The fourth-order valence-electron chi connectivity index (χ4n) is 3.85. The molecule has 1 saturated heterocycles. The van der Waals surface area contributed by atoms with Gasteiger partial charge in [0.1, 0.15) is 5.82 Å². The summed E-state index contributed by atoms with van der Waals surface area (Å²) in [4.78, 5) is 26.0. The fraction of sp³-hybridized carbons (Fsp3) is 0.379. The van der Waals surface area contributed by atoms with Crippen LogP contribution in [0.25, 0.3) is 6.08 Å². The minimum atomic E-state index is -1.75. The van der Waals surface area contributed by atoms with Crippen LogP contribution in [0.3, 0.4) is 0 Å². The zero-order chi connectivity index (χ0) is 27.4. The summed E-state index contributed by atoms with van der Waals surface area (Å²) in [5, 5.41) is 6.24. The van der Waals surface area contributed by atoms with Gasteiger partial charge in [-0.25, -0.2) is 18.7 Å². The number of fused-ring (bicyclic) bond motifs is 1. The number of hydrogen-bond acceptors (Lipinski definition) is 6. The average molecular weight is 541 g/mol. The molecule has 1 aromatic carbocycles. The second-order valence-corrected chi connectivity index (χ2v) is 8.34. The number of ether oxygens (including phenoxy) is 1. The molecule has 1 atom stereocenters. The van der Waals surface area contributed by atoms with Crippen molar-refractivity contribution in [2.24, 2.45) is 4.99 Å². The molecule has 2 aliphatic heterocycles. The number of alkyl halides is 2. The first-order valence-corrected chi connectivity index (χ1v) is 12.6. The van der Waals surface area contributed by atoms with E-state index in [1.807, 2.05) is 63.4 Å². The number of benzene rings is 1. The lowest BCUT2D eigenvalue weighted by Gasteiger charge is -2.17. The van der Waals surface area contributed by atoms with Gasteiger partial charge in [0.15, 0.2) is 5.82 Å². The van der Waals surface area contributed by atoms with Crippen molar-refractivity contribution in [1.82, 2.24) is 19.9 Å². The van der Waals surface area contributed by atoms with E-state index in [1.165, 1.54) is 5.56 Å². The molecule has 0 radical (unpaired) electrons. The van der Waals surface area contributed by atoms with Crippen molar-refractivity contribution in [3.05, 3.63) is 83.1 Å². The molecule has 1 fully saturated rings. The Morgan fingerprint density at radius 2 is 1.87 bits per heavy atom. The second-order valence-electron chi connectivity index (χ2n) is 8.34. The minimum Gasteiger partial charge on any atom is -0.346 e. The van der Waals surface area contributed by atoms with Crippen molar-refractivity contribution < 1.29 is 18.3 Å². The zero-order valence-electron chi connectivity index (χ0n) is 22.0. The molecule has 1 unspecified atom stereocenters. The molecule has 2 N–H and O–H groups in total. The first-order valence-electron chi connectivity index (χ1n) is 12.6. The van der Waals surface area contributed by atoms with E-state index in [4.69, 9.17) is 9.72 Å². The molecule has 4 heterocycles. The van der Waals surface area contributed by atoms with Crippen molar-refractivity contribution in [2.45, 2.75) is 46.9 Å². The number of anilines is 1. The number of nitrogens with zero attached hydrogens (tertiary/aromatic N) is 4. The molecule has 0 saturated carbocycles. The first-order chi connectivity index (χ1) is 18.5. The summed E-state index contributed by atoms with van der Waals surface area (Å²) < 4.78 is 27.3. The number of epoxide rings is 1. The number of halogens is 2. The summed E-state index contributed by atoms with van der Waals surface area (Å²) in [5.74, 6) is 1.25. The van der Waals surface area contributed by atoms with Crippen molar-refractivity contribution in [2.75, 3.05) is 31.9 Å². The Labute approximate surface area is 229 Å². The lowest BCUT2D eigenvalue weighted by Crippen LogP contribution is -2.36. The quantitative estimate of drug-likeness (QED) is 0.372. The molecular weight excluding hydrogens is 502 g/mol. The minimum absolute atomic E-state index is 0. The molecule has 2 aliphatic rings. The van der Waals surface area contributed by atoms with E-state index in [0.717, 1.165) is 22.8 Å². The SMILES string of the molecule is C.CC.Cc1ccc(NC(=O)CCNC2(c3nc4c(n3Cc3ccccc3)C=NCC=C4)CO2)nc1.FCF. The summed E-state index contributed by atoms with van der Waals surface area (Å²) in [6, 6.07) is 14.0. The van der Waals surface area contributed by atoms with Crippen LogP contribution >= 0.6 is 0 Å². The first kappa shape index (κ1) is 31.5. The predicted octanol–water partition coefficient (Wildman–Crippen LogP) is 5.43. The Morgan fingerprint density at radius 3 is 2.51 bits per heavy atom. The number of aryl methyl sites for hydroxylation is 1. The number of carbonyl (C=O) groups excluding carboxylic acids is 1. The Kier molecular flexibility index (Phi) is 12.6. The average Bonchev–Trinajstić information content (AvgIpc) is 3.69. The topological polar surface area (TPSA) is 96.7 Å². The number of aromatic nitrogens is 3. The predicted molar refractivity (Wildman–Crippen MR) is 152 cm³/mol. The van der Waals surface area contributed by atoms with Gasteiger partial charge in [0.05, 0.1) is 24.5 Å². The van der Waals surface area contributed by atoms with Gasteiger partial charge in [-0.2, -0.15) is 0 Å². The zero-order valence-corrected chi connectivity index (χ0v) is 22.0. The van der Waals surface area contributed by atoms with E-state index in [-0.39, 0.29) is 13.3 Å². The standard InChI is InChI=1S/C25H26N6O2.C2H6.CH2F2.CH4/c1-18-9-10-22(27-14-18)30-23(32)11-13-28-25(17-33-25)24-29-20-8-5-12-26-15-21(20)31(24)16-19-6-3-2-4-7-19;1-2;2-1-3;/h2-10,14-15,28H,11-13,16-17H2,1H3,(H,27,30,32);1-2H3;1H2;1H4. The summed E-state index contributed by atoms with van der Waals surface area (Å²) in [6.45, 7) is 6.46. The van der Waals surface area contributed by atoms with Gasteiger partial charge in [-0.1, -0.05) is 63.7 Å². The largest absolute Gasteiger partial charge is 0.346 e. The number of carbonyl (C=O) groups is 1. The summed E-state index contributed by atoms with van der Waals surface area (Å²) >= 11 is 0. The van der Waals surface area contributed by atoms with Gasteiger partial charge in [-0.05, 0) is 30.2 Å². The van der Waals surface area contributed by atoms with Crippen LogP contribution in [-0.4, -0.2) is 53.3 Å². The second kappa shape index (κ2) is 15.6. The Bertz CT molecular complexity index is 1220. The lowest BCUT2D eigenvalue weighted by molar-refractivity contribution is -0.116. The molecule has 0 aliphatic carbocycles. The Hall–Kier alpha value is -3.76. The maximum Gasteiger partial charge on any atom is 0.229 e. The molecule has 1 amide bonds. The van der Waals surface area contributed by atoms with E-state index in [2.05, 4.69) is 37.3 Å². The smallest absolute Gasteiger partial charge is 0.229 e. The molecule has 3 aromatic rings. The Balaban J connectivity index is 0.000000833. The number of imidazole rings is 1. The lowest BCUT2D eigenvalue weighted by atomic mass is 10.2. The number of rotatable bonds is 8. The molecule has 8 nitrogen and oxygen atoms in total. The highest BCUT2D eigenvalue weighted by Crippen LogP contribution is 2.37. The van der Waals surface area contributed by atoms with Gasteiger partial charge in [0.2, 0.25) is 18.6 Å². The fourth-order valence-corrected chi connectivity index (χ4v) is 3.85. The third kappa shape index (κ3) is 8.62. The van der Waals surface area contributed by atoms with Crippen LogP contribution in [0, 0.1) is 6.92 Å². The van der Waals surface area contributed by atoms with Gasteiger partial charge in [-0.3, -0.25) is 15.1 Å². The van der Waals surface area contributed by atoms with Crippen molar-refractivity contribution in [3.8, 4) is 0 Å². The number of aliphatic imine (C=N–C) groups is 1. The van der Waals surface area contributed by atoms with Crippen molar-refractivity contribution in [3.63, 3.8) is 0 Å². The van der Waals surface area contributed by atoms with Crippen LogP contribution < -0.4 is 10.6 Å². The Morgan fingerprint density at radius 1 is 1.15 bits per heavy atom. The molecular formula is C29H38F2N6O2. The molecule has 2 aromatic heterocycles. The van der Waals surface area contributed by atoms with Crippen molar-refractivity contribution in [1.29, 1.82) is 0 Å². The highest BCUT2D eigenvalue weighted by molar-refractivity contribution is 5.89. The van der Waals surface area contributed by atoms with Gasteiger partial charge < -0.3 is 14.6 Å². The molecule has 10 heteroatoms. The highest BCUT2D eigenvalue weighted by Gasteiger charge is 2.51. The molecule has 5 rings (SSSR count). The van der Waals surface area contributed by atoms with Gasteiger partial charge >= 0.3 is 0 Å². The van der Waals surface area contributed by atoms with E-state index in [1.54, 1.807) is 12.3 Å². The van der Waals surface area contributed by atoms with Crippen LogP contribution in [-0.2, 0) is 21.8 Å². The van der Waals surface area contributed by atoms with E-state index < -0.39 is 12.7 Å². The van der Waals surface area contributed by atoms with Gasteiger partial charge in [0, 0.05) is 31.9 Å². The summed E-state index contributed by atoms with van der Waals surface area (Å²) in [6.07, 6.45) is 7.91. The number of hydrogen-bond donors (Lipinski definition) is 2.